The van der Waals surface area contributed by atoms with Crippen molar-refractivity contribution in [1.29, 1.82) is 0 Å². The van der Waals surface area contributed by atoms with Gasteiger partial charge in [-0.2, -0.15) is 0 Å². The fraction of sp³-hybridized carbons (Fsp3) is 0.188. The number of aromatic carboxylic acids is 1. The van der Waals surface area contributed by atoms with Crippen molar-refractivity contribution in [3.8, 4) is 5.75 Å². The van der Waals surface area contributed by atoms with Crippen molar-refractivity contribution < 1.29 is 19.4 Å². The molecule has 0 radical (unpaired) electrons. The maximum atomic E-state index is 11.2. The van der Waals surface area contributed by atoms with Crippen molar-refractivity contribution in [3.63, 3.8) is 0 Å². The zero-order valence-corrected chi connectivity index (χ0v) is 11.7. The number of ether oxygens (including phenoxy) is 2. The number of nitrogen functional groups attached to an aromatic ring is 1. The number of carboxylic acid groups (broad SMARTS) is 1. The van der Waals surface area contributed by atoms with E-state index in [2.05, 4.69) is 0 Å². The summed E-state index contributed by atoms with van der Waals surface area (Å²) in [6.45, 7) is 0.580. The van der Waals surface area contributed by atoms with Gasteiger partial charge in [0.25, 0.3) is 0 Å². The summed E-state index contributed by atoms with van der Waals surface area (Å²) in [6.07, 6.45) is 0. The highest BCUT2D eigenvalue weighted by Gasteiger charge is 2.13. The van der Waals surface area contributed by atoms with Crippen LogP contribution in [0.25, 0.3) is 0 Å². The Morgan fingerprint density at radius 2 is 1.86 bits per heavy atom. The van der Waals surface area contributed by atoms with Crippen LogP contribution in [0.3, 0.4) is 0 Å². The molecule has 0 aliphatic rings. The molecule has 0 amide bonds. The molecule has 0 saturated heterocycles. The van der Waals surface area contributed by atoms with E-state index in [0.29, 0.717) is 12.2 Å². The first kappa shape index (κ1) is 14.9. The molecule has 0 bridgehead atoms. The standard InChI is InChI=1S/C16H17NO4/c1-20-13-7-5-11(6-8-13)9-21-10-12-3-2-4-14(17)15(12)16(18)19/h2-8H,9-10,17H2,1H3,(H,18,19). The summed E-state index contributed by atoms with van der Waals surface area (Å²) in [7, 11) is 1.61. The summed E-state index contributed by atoms with van der Waals surface area (Å²) >= 11 is 0. The topological polar surface area (TPSA) is 81.8 Å². The molecule has 0 aliphatic carbocycles. The molecule has 2 aromatic carbocycles. The van der Waals surface area contributed by atoms with Crippen LogP contribution in [-0.4, -0.2) is 18.2 Å². The van der Waals surface area contributed by atoms with Gasteiger partial charge in [-0.15, -0.1) is 0 Å². The van der Waals surface area contributed by atoms with Crippen LogP contribution >= 0.6 is 0 Å². The van der Waals surface area contributed by atoms with Crippen LogP contribution in [-0.2, 0) is 18.0 Å². The van der Waals surface area contributed by atoms with Crippen LogP contribution in [0.1, 0.15) is 21.5 Å². The van der Waals surface area contributed by atoms with Gasteiger partial charge in [-0.05, 0) is 29.3 Å². The third-order valence-corrected chi connectivity index (χ3v) is 3.08. The predicted molar refractivity (Wildman–Crippen MR) is 79.3 cm³/mol. The highest BCUT2D eigenvalue weighted by Crippen LogP contribution is 2.19. The summed E-state index contributed by atoms with van der Waals surface area (Å²) in [6, 6.07) is 12.5. The van der Waals surface area contributed by atoms with Gasteiger partial charge in [-0.1, -0.05) is 24.3 Å². The van der Waals surface area contributed by atoms with Gasteiger partial charge in [0.1, 0.15) is 5.75 Å². The van der Waals surface area contributed by atoms with E-state index in [1.165, 1.54) is 0 Å². The van der Waals surface area contributed by atoms with Gasteiger partial charge in [0, 0.05) is 5.69 Å². The monoisotopic (exact) mass is 287 g/mol. The Bertz CT molecular complexity index is 623. The quantitative estimate of drug-likeness (QED) is 0.798. The zero-order valence-electron chi connectivity index (χ0n) is 11.7. The molecular weight excluding hydrogens is 270 g/mol. The van der Waals surface area contributed by atoms with Gasteiger partial charge in [0.05, 0.1) is 25.9 Å². The van der Waals surface area contributed by atoms with Gasteiger partial charge in [0.2, 0.25) is 0 Å². The van der Waals surface area contributed by atoms with E-state index in [9.17, 15) is 9.90 Å². The molecule has 0 aromatic heterocycles. The van der Waals surface area contributed by atoms with E-state index in [4.69, 9.17) is 15.2 Å². The smallest absolute Gasteiger partial charge is 0.338 e. The summed E-state index contributed by atoms with van der Waals surface area (Å²) in [4.78, 5) is 11.2. The van der Waals surface area contributed by atoms with E-state index in [1.807, 2.05) is 24.3 Å². The maximum Gasteiger partial charge on any atom is 0.338 e. The number of carbonyl (C=O) groups is 1. The minimum absolute atomic E-state index is 0.104. The second-order valence-electron chi connectivity index (χ2n) is 4.53. The van der Waals surface area contributed by atoms with E-state index >= 15 is 0 Å². The van der Waals surface area contributed by atoms with Gasteiger partial charge in [0.15, 0.2) is 0 Å². The maximum absolute atomic E-state index is 11.2. The Labute approximate surface area is 122 Å². The largest absolute Gasteiger partial charge is 0.497 e. The van der Waals surface area contributed by atoms with E-state index in [-0.39, 0.29) is 17.9 Å². The lowest BCUT2D eigenvalue weighted by atomic mass is 10.1. The normalized spacial score (nSPS) is 10.3. The molecule has 0 unspecified atom stereocenters. The highest BCUT2D eigenvalue weighted by molar-refractivity contribution is 5.95. The van der Waals surface area contributed by atoms with Crippen LogP contribution < -0.4 is 10.5 Å². The number of nitrogens with two attached hydrogens (primary N) is 1. The first-order valence-corrected chi connectivity index (χ1v) is 6.43. The van der Waals surface area contributed by atoms with E-state index < -0.39 is 5.97 Å². The number of hydrogen-bond acceptors (Lipinski definition) is 4. The Hall–Kier alpha value is -2.53. The average molecular weight is 287 g/mol. The number of rotatable bonds is 6. The molecule has 5 heteroatoms. The first-order valence-electron chi connectivity index (χ1n) is 6.43. The fourth-order valence-corrected chi connectivity index (χ4v) is 2.00. The molecule has 3 N–H and O–H groups in total. The SMILES string of the molecule is COc1ccc(COCc2cccc(N)c2C(=O)O)cc1. The van der Waals surface area contributed by atoms with Crippen molar-refractivity contribution in [2.75, 3.05) is 12.8 Å². The molecule has 2 rings (SSSR count). The summed E-state index contributed by atoms with van der Waals surface area (Å²) < 4.78 is 10.6. The Kier molecular flexibility index (Phi) is 4.79. The van der Waals surface area contributed by atoms with E-state index in [0.717, 1.165) is 11.3 Å². The molecule has 5 nitrogen and oxygen atoms in total. The number of benzene rings is 2. The average Bonchev–Trinajstić information content (AvgIpc) is 2.47. The van der Waals surface area contributed by atoms with Gasteiger partial charge in [-0.25, -0.2) is 4.79 Å². The number of methoxy groups -OCH3 is 1. The van der Waals surface area contributed by atoms with Crippen molar-refractivity contribution >= 4 is 11.7 Å². The number of carboxylic acids is 1. The van der Waals surface area contributed by atoms with Crippen LogP contribution in [0.2, 0.25) is 0 Å². The van der Waals surface area contributed by atoms with Crippen molar-refractivity contribution in [2.45, 2.75) is 13.2 Å². The van der Waals surface area contributed by atoms with Crippen LogP contribution in [0.15, 0.2) is 42.5 Å². The first-order chi connectivity index (χ1) is 10.1. The molecule has 21 heavy (non-hydrogen) atoms. The van der Waals surface area contributed by atoms with Crippen molar-refractivity contribution in [1.82, 2.24) is 0 Å². The molecule has 0 saturated carbocycles. The molecule has 0 heterocycles. The Balaban J connectivity index is 2.00. The molecule has 0 fully saturated rings. The fourth-order valence-electron chi connectivity index (χ4n) is 2.00. The van der Waals surface area contributed by atoms with Crippen LogP contribution in [0, 0.1) is 0 Å². The molecule has 0 atom stereocenters. The van der Waals surface area contributed by atoms with Crippen molar-refractivity contribution in [3.05, 3.63) is 59.2 Å². The second-order valence-corrected chi connectivity index (χ2v) is 4.53. The van der Waals surface area contributed by atoms with Gasteiger partial charge < -0.3 is 20.3 Å². The molecule has 110 valence electrons. The van der Waals surface area contributed by atoms with Crippen LogP contribution in [0.4, 0.5) is 5.69 Å². The third kappa shape index (κ3) is 3.73. The minimum Gasteiger partial charge on any atom is -0.497 e. The van der Waals surface area contributed by atoms with Crippen LogP contribution in [0.5, 0.6) is 5.75 Å². The van der Waals surface area contributed by atoms with E-state index in [1.54, 1.807) is 25.3 Å². The van der Waals surface area contributed by atoms with Gasteiger partial charge >= 0.3 is 5.97 Å². The summed E-state index contributed by atoms with van der Waals surface area (Å²) in [5.74, 6) is -0.265. The minimum atomic E-state index is -1.05. The highest BCUT2D eigenvalue weighted by atomic mass is 16.5. The predicted octanol–water partition coefficient (Wildman–Crippen LogP) is 2.69. The van der Waals surface area contributed by atoms with Gasteiger partial charge in [-0.3, -0.25) is 0 Å². The second kappa shape index (κ2) is 6.76. The number of hydrogen-bond donors (Lipinski definition) is 2. The number of anilines is 1. The molecular formula is C16H17NO4. The lowest BCUT2D eigenvalue weighted by Gasteiger charge is -2.10. The Morgan fingerprint density at radius 3 is 2.48 bits per heavy atom. The lowest BCUT2D eigenvalue weighted by Crippen LogP contribution is -2.08. The molecule has 0 aliphatic heterocycles. The third-order valence-electron chi connectivity index (χ3n) is 3.08. The molecule has 2 aromatic rings. The lowest BCUT2D eigenvalue weighted by molar-refractivity contribution is 0.0685. The Morgan fingerprint density at radius 1 is 1.14 bits per heavy atom. The zero-order chi connectivity index (χ0) is 15.2. The molecule has 0 spiro atoms. The summed E-state index contributed by atoms with van der Waals surface area (Å²) in [5.41, 5.74) is 7.58. The summed E-state index contributed by atoms with van der Waals surface area (Å²) in [5, 5.41) is 9.17. The van der Waals surface area contributed by atoms with Crippen molar-refractivity contribution in [2.24, 2.45) is 0 Å².